The number of nitrogens with one attached hydrogen (secondary N) is 1. The number of benzene rings is 2. The lowest BCUT2D eigenvalue weighted by Crippen LogP contribution is -2.18. The summed E-state index contributed by atoms with van der Waals surface area (Å²) in [5.74, 6) is 0.929. The molecular weight excluding hydrogens is 326 g/mol. The lowest BCUT2D eigenvalue weighted by molar-refractivity contribution is 0.242. The minimum Gasteiger partial charge on any atom is -0.491 e. The molecule has 21 heavy (non-hydrogen) atoms. The summed E-state index contributed by atoms with van der Waals surface area (Å²) in [5.41, 5.74) is 2.50. The first-order valence-corrected chi connectivity index (χ1v) is 8.09. The third-order valence-corrected chi connectivity index (χ3v) is 3.98. The summed E-state index contributed by atoms with van der Waals surface area (Å²) in [5, 5.41) is 3.55. The molecule has 0 aliphatic heterocycles. The van der Waals surface area contributed by atoms with Crippen LogP contribution in [0.4, 0.5) is 0 Å². The Bertz CT molecular complexity index is 583. The number of hydrogen-bond donors (Lipinski definition) is 1. The Balaban J connectivity index is 1.98. The van der Waals surface area contributed by atoms with E-state index in [1.807, 2.05) is 32.0 Å². The van der Waals surface area contributed by atoms with Crippen molar-refractivity contribution in [3.05, 3.63) is 64.1 Å². The van der Waals surface area contributed by atoms with Gasteiger partial charge in [-0.15, -0.1) is 0 Å². The largest absolute Gasteiger partial charge is 0.491 e. The van der Waals surface area contributed by atoms with Gasteiger partial charge in [-0.2, -0.15) is 0 Å². The Morgan fingerprint density at radius 2 is 1.81 bits per heavy atom. The van der Waals surface area contributed by atoms with Crippen molar-refractivity contribution in [2.45, 2.75) is 39.5 Å². The maximum absolute atomic E-state index is 5.73. The smallest absolute Gasteiger partial charge is 0.120 e. The SMILES string of the molecule is CC(C)Oc1cccc(CN[C@H](C)c2ccccc2Br)c1. The van der Waals surface area contributed by atoms with E-state index in [-0.39, 0.29) is 12.1 Å². The Kier molecular flexibility index (Phi) is 5.83. The summed E-state index contributed by atoms with van der Waals surface area (Å²) in [7, 11) is 0. The van der Waals surface area contributed by atoms with Crippen molar-refractivity contribution in [1.29, 1.82) is 0 Å². The minimum atomic E-state index is 0.201. The van der Waals surface area contributed by atoms with Gasteiger partial charge in [0.15, 0.2) is 0 Å². The van der Waals surface area contributed by atoms with Crippen molar-refractivity contribution in [2.24, 2.45) is 0 Å². The number of ether oxygens (including phenoxy) is 1. The molecule has 0 aliphatic carbocycles. The van der Waals surface area contributed by atoms with E-state index in [0.717, 1.165) is 16.8 Å². The second-order valence-corrected chi connectivity index (χ2v) is 6.29. The van der Waals surface area contributed by atoms with Crippen LogP contribution in [0.5, 0.6) is 5.75 Å². The highest BCUT2D eigenvalue weighted by Gasteiger charge is 2.08. The van der Waals surface area contributed by atoms with Gasteiger partial charge in [-0.25, -0.2) is 0 Å². The van der Waals surface area contributed by atoms with Gasteiger partial charge in [0.25, 0.3) is 0 Å². The Labute approximate surface area is 135 Å². The molecule has 2 aromatic rings. The molecule has 0 bridgehead atoms. The summed E-state index contributed by atoms with van der Waals surface area (Å²) < 4.78 is 6.87. The molecule has 0 heterocycles. The number of halogens is 1. The summed E-state index contributed by atoms with van der Waals surface area (Å²) in [6.45, 7) is 7.08. The first-order valence-electron chi connectivity index (χ1n) is 7.29. The number of rotatable bonds is 6. The van der Waals surface area contributed by atoms with Crippen molar-refractivity contribution < 1.29 is 4.74 Å². The minimum absolute atomic E-state index is 0.201. The number of hydrogen-bond acceptors (Lipinski definition) is 2. The van der Waals surface area contributed by atoms with Crippen molar-refractivity contribution in [1.82, 2.24) is 5.32 Å². The molecule has 0 amide bonds. The summed E-state index contributed by atoms with van der Waals surface area (Å²) >= 11 is 3.60. The quantitative estimate of drug-likeness (QED) is 0.785. The molecule has 2 nitrogen and oxygen atoms in total. The van der Waals surface area contributed by atoms with E-state index in [9.17, 15) is 0 Å². The fourth-order valence-electron chi connectivity index (χ4n) is 2.21. The van der Waals surface area contributed by atoms with E-state index in [1.54, 1.807) is 0 Å². The van der Waals surface area contributed by atoms with Crippen LogP contribution in [0.15, 0.2) is 53.0 Å². The molecule has 0 saturated heterocycles. The predicted molar refractivity (Wildman–Crippen MR) is 91.6 cm³/mol. The molecular formula is C18H22BrNO. The third-order valence-electron chi connectivity index (χ3n) is 3.25. The summed E-state index contributed by atoms with van der Waals surface area (Å²) in [4.78, 5) is 0. The normalized spacial score (nSPS) is 12.4. The Morgan fingerprint density at radius 1 is 1.05 bits per heavy atom. The first kappa shape index (κ1) is 16.1. The molecule has 112 valence electrons. The Hall–Kier alpha value is -1.32. The average molecular weight is 348 g/mol. The molecule has 1 atom stereocenters. The monoisotopic (exact) mass is 347 g/mol. The van der Waals surface area contributed by atoms with Crippen LogP contribution < -0.4 is 10.1 Å². The zero-order valence-electron chi connectivity index (χ0n) is 12.8. The van der Waals surface area contributed by atoms with Crippen molar-refractivity contribution in [3.63, 3.8) is 0 Å². The van der Waals surface area contributed by atoms with E-state index < -0.39 is 0 Å². The summed E-state index contributed by atoms with van der Waals surface area (Å²) in [6.07, 6.45) is 0.201. The topological polar surface area (TPSA) is 21.3 Å². The third kappa shape index (κ3) is 4.87. The standard InChI is InChI=1S/C18H22BrNO/c1-13(2)21-16-8-6-7-15(11-16)12-20-14(3)17-9-4-5-10-18(17)19/h4-11,13-14,20H,12H2,1-3H3/t14-/m1/s1. The maximum atomic E-state index is 5.73. The van der Waals surface area contributed by atoms with Gasteiger partial charge in [0.2, 0.25) is 0 Å². The van der Waals surface area contributed by atoms with Gasteiger partial charge in [-0.1, -0.05) is 46.3 Å². The molecule has 1 N–H and O–H groups in total. The fraction of sp³-hybridized carbons (Fsp3) is 0.333. The molecule has 0 saturated carbocycles. The molecule has 0 fully saturated rings. The fourth-order valence-corrected chi connectivity index (χ4v) is 2.84. The molecule has 0 spiro atoms. The van der Waals surface area contributed by atoms with Gasteiger partial charge in [0.1, 0.15) is 5.75 Å². The molecule has 2 rings (SSSR count). The first-order chi connectivity index (χ1) is 10.1. The van der Waals surface area contributed by atoms with Crippen LogP contribution in [0, 0.1) is 0 Å². The molecule has 0 radical (unpaired) electrons. The van der Waals surface area contributed by atoms with Crippen LogP contribution >= 0.6 is 15.9 Å². The van der Waals surface area contributed by atoms with Crippen molar-refractivity contribution in [3.8, 4) is 5.75 Å². The zero-order valence-corrected chi connectivity index (χ0v) is 14.4. The molecule has 2 aromatic carbocycles. The highest BCUT2D eigenvalue weighted by molar-refractivity contribution is 9.10. The highest BCUT2D eigenvalue weighted by Crippen LogP contribution is 2.23. The van der Waals surface area contributed by atoms with Crippen LogP contribution in [-0.4, -0.2) is 6.10 Å². The van der Waals surface area contributed by atoms with E-state index in [2.05, 4.69) is 58.5 Å². The van der Waals surface area contributed by atoms with Gasteiger partial charge in [0, 0.05) is 17.1 Å². The molecule has 0 aliphatic rings. The molecule has 0 unspecified atom stereocenters. The van der Waals surface area contributed by atoms with Crippen LogP contribution in [0.2, 0.25) is 0 Å². The maximum Gasteiger partial charge on any atom is 0.120 e. The van der Waals surface area contributed by atoms with Gasteiger partial charge < -0.3 is 10.1 Å². The van der Waals surface area contributed by atoms with Crippen LogP contribution in [0.3, 0.4) is 0 Å². The lowest BCUT2D eigenvalue weighted by Gasteiger charge is -2.16. The summed E-state index contributed by atoms with van der Waals surface area (Å²) in [6, 6.07) is 16.9. The molecule has 3 heteroatoms. The second-order valence-electron chi connectivity index (χ2n) is 5.44. The zero-order chi connectivity index (χ0) is 15.2. The van der Waals surface area contributed by atoms with E-state index >= 15 is 0 Å². The van der Waals surface area contributed by atoms with E-state index in [1.165, 1.54) is 11.1 Å². The highest BCUT2D eigenvalue weighted by atomic mass is 79.9. The van der Waals surface area contributed by atoms with Crippen molar-refractivity contribution >= 4 is 15.9 Å². The second kappa shape index (κ2) is 7.62. The van der Waals surface area contributed by atoms with Crippen LogP contribution in [-0.2, 0) is 6.54 Å². The van der Waals surface area contributed by atoms with Gasteiger partial charge in [-0.05, 0) is 50.1 Å². The Morgan fingerprint density at radius 3 is 2.52 bits per heavy atom. The van der Waals surface area contributed by atoms with Crippen molar-refractivity contribution in [2.75, 3.05) is 0 Å². The van der Waals surface area contributed by atoms with Gasteiger partial charge in [0.05, 0.1) is 6.10 Å². The predicted octanol–water partition coefficient (Wildman–Crippen LogP) is 5.09. The average Bonchev–Trinajstić information content (AvgIpc) is 2.45. The van der Waals surface area contributed by atoms with Gasteiger partial charge >= 0.3 is 0 Å². The molecule has 0 aromatic heterocycles. The van der Waals surface area contributed by atoms with Crippen LogP contribution in [0.25, 0.3) is 0 Å². The van der Waals surface area contributed by atoms with E-state index in [4.69, 9.17) is 4.74 Å². The van der Waals surface area contributed by atoms with E-state index in [0.29, 0.717) is 0 Å². The lowest BCUT2D eigenvalue weighted by atomic mass is 10.1. The van der Waals surface area contributed by atoms with Crippen LogP contribution in [0.1, 0.15) is 37.9 Å². The van der Waals surface area contributed by atoms with Gasteiger partial charge in [-0.3, -0.25) is 0 Å².